The third-order valence-electron chi connectivity index (χ3n) is 4.08. The van der Waals surface area contributed by atoms with Crippen molar-refractivity contribution < 1.29 is 18.0 Å². The van der Waals surface area contributed by atoms with Crippen LogP contribution in [0.25, 0.3) is 0 Å². The number of nitrogens with zero attached hydrogens (tertiary/aromatic N) is 4. The number of alkyl halides is 3. The Morgan fingerprint density at radius 2 is 2.04 bits per heavy atom. The number of benzene rings is 1. The third-order valence-corrected chi connectivity index (χ3v) is 4.49. The summed E-state index contributed by atoms with van der Waals surface area (Å²) in [5.41, 5.74) is 0.215. The van der Waals surface area contributed by atoms with Crippen LogP contribution in [0.1, 0.15) is 30.5 Å². The zero-order chi connectivity index (χ0) is 20.3. The number of carbonyl (C=O) groups excluding carboxylic acids is 1. The second-order valence-corrected chi connectivity index (χ2v) is 7.09. The molecule has 1 amide bonds. The van der Waals surface area contributed by atoms with Crippen molar-refractivity contribution >= 4 is 27.5 Å². The summed E-state index contributed by atoms with van der Waals surface area (Å²) < 4.78 is 42.3. The summed E-state index contributed by atoms with van der Waals surface area (Å²) in [4.78, 5) is 12.5. The van der Waals surface area contributed by atoms with Crippen LogP contribution in [0.4, 0.5) is 18.9 Å². The summed E-state index contributed by atoms with van der Waals surface area (Å²) in [5.74, 6) is -0.253. The van der Waals surface area contributed by atoms with E-state index in [4.69, 9.17) is 0 Å². The molecule has 1 N–H and O–H groups in total. The molecular formula is C18H17BrF3N5O. The third kappa shape index (κ3) is 4.80. The second kappa shape index (κ2) is 8.17. The molecule has 6 nitrogen and oxygen atoms in total. The molecule has 1 unspecified atom stereocenters. The normalized spacial score (nSPS) is 12.8. The van der Waals surface area contributed by atoms with Crippen LogP contribution in [0.15, 0.2) is 53.5 Å². The summed E-state index contributed by atoms with van der Waals surface area (Å²) >= 11 is 3.30. The largest absolute Gasteiger partial charge is 0.416 e. The second-order valence-electron chi connectivity index (χ2n) is 6.18. The predicted octanol–water partition coefficient (Wildman–Crippen LogP) is 4.50. The van der Waals surface area contributed by atoms with Crippen molar-refractivity contribution in [2.75, 3.05) is 5.32 Å². The van der Waals surface area contributed by atoms with Gasteiger partial charge in [0.2, 0.25) is 5.91 Å². The maximum absolute atomic E-state index is 12.8. The van der Waals surface area contributed by atoms with Crippen LogP contribution >= 0.6 is 15.9 Å². The molecule has 2 heterocycles. The first-order valence-corrected chi connectivity index (χ1v) is 9.24. The molecular weight excluding hydrogens is 439 g/mol. The number of hydrogen-bond donors (Lipinski definition) is 1. The van der Waals surface area contributed by atoms with Gasteiger partial charge in [0.25, 0.3) is 0 Å². The molecule has 0 aliphatic heterocycles. The van der Waals surface area contributed by atoms with E-state index in [1.165, 1.54) is 16.9 Å². The lowest BCUT2D eigenvalue weighted by Crippen LogP contribution is -2.25. The van der Waals surface area contributed by atoms with E-state index in [0.29, 0.717) is 17.7 Å². The lowest BCUT2D eigenvalue weighted by Gasteiger charge is -2.14. The SMILES string of the molecule is CCC(C(=O)Nc1cnn(Cc2cccc(C(F)(F)F)c2)c1)n1cc(Br)cn1. The summed E-state index contributed by atoms with van der Waals surface area (Å²) in [7, 11) is 0. The first-order valence-electron chi connectivity index (χ1n) is 8.45. The summed E-state index contributed by atoms with van der Waals surface area (Å²) in [5, 5.41) is 11.0. The van der Waals surface area contributed by atoms with Crippen LogP contribution in [0, 0.1) is 0 Å². The highest BCUT2D eigenvalue weighted by atomic mass is 79.9. The molecule has 0 aliphatic carbocycles. The number of nitrogens with one attached hydrogen (secondary N) is 1. The first-order chi connectivity index (χ1) is 13.3. The highest BCUT2D eigenvalue weighted by Crippen LogP contribution is 2.29. The number of aromatic nitrogens is 4. The highest BCUT2D eigenvalue weighted by molar-refractivity contribution is 9.10. The van der Waals surface area contributed by atoms with Crippen LogP contribution in [0.3, 0.4) is 0 Å². The van der Waals surface area contributed by atoms with Crippen LogP contribution in [-0.4, -0.2) is 25.5 Å². The van der Waals surface area contributed by atoms with Gasteiger partial charge in [-0.1, -0.05) is 19.1 Å². The molecule has 0 aliphatic rings. The lowest BCUT2D eigenvalue weighted by atomic mass is 10.1. The quantitative estimate of drug-likeness (QED) is 0.594. The van der Waals surface area contributed by atoms with Crippen LogP contribution in [0.2, 0.25) is 0 Å². The molecule has 0 radical (unpaired) electrons. The molecule has 1 aromatic carbocycles. The summed E-state index contributed by atoms with van der Waals surface area (Å²) in [6.45, 7) is 2.03. The van der Waals surface area contributed by atoms with E-state index in [9.17, 15) is 18.0 Å². The zero-order valence-electron chi connectivity index (χ0n) is 14.8. The van der Waals surface area contributed by atoms with E-state index in [2.05, 4.69) is 31.4 Å². The average Bonchev–Trinajstić information content (AvgIpc) is 3.24. The zero-order valence-corrected chi connectivity index (χ0v) is 16.4. The van der Waals surface area contributed by atoms with Crippen LogP contribution < -0.4 is 5.32 Å². The van der Waals surface area contributed by atoms with Gasteiger partial charge in [0, 0.05) is 12.4 Å². The first kappa shape index (κ1) is 20.1. The van der Waals surface area contributed by atoms with Crippen molar-refractivity contribution in [2.45, 2.75) is 32.1 Å². The smallest absolute Gasteiger partial charge is 0.322 e. The van der Waals surface area contributed by atoms with Crippen molar-refractivity contribution in [3.05, 3.63) is 64.7 Å². The van der Waals surface area contributed by atoms with E-state index in [0.717, 1.165) is 16.6 Å². The van der Waals surface area contributed by atoms with Gasteiger partial charge in [0.15, 0.2) is 0 Å². The molecule has 1 atom stereocenters. The van der Waals surface area contributed by atoms with Gasteiger partial charge in [0.1, 0.15) is 6.04 Å². The van der Waals surface area contributed by atoms with Gasteiger partial charge in [-0.3, -0.25) is 14.2 Å². The Morgan fingerprint density at radius 3 is 2.68 bits per heavy atom. The number of halogens is 4. The maximum Gasteiger partial charge on any atom is 0.416 e. The highest BCUT2D eigenvalue weighted by Gasteiger charge is 2.30. The Kier molecular flexibility index (Phi) is 5.87. The monoisotopic (exact) mass is 455 g/mol. The minimum Gasteiger partial charge on any atom is -0.322 e. The molecule has 3 rings (SSSR count). The van der Waals surface area contributed by atoms with E-state index in [1.807, 2.05) is 6.92 Å². The summed E-state index contributed by atoms with van der Waals surface area (Å²) in [6.07, 6.45) is 2.49. The molecule has 0 bridgehead atoms. The number of amides is 1. The van der Waals surface area contributed by atoms with Gasteiger partial charge < -0.3 is 5.32 Å². The van der Waals surface area contributed by atoms with Gasteiger partial charge in [-0.25, -0.2) is 0 Å². The van der Waals surface area contributed by atoms with Crippen molar-refractivity contribution in [3.63, 3.8) is 0 Å². The average molecular weight is 456 g/mol. The molecule has 10 heteroatoms. The van der Waals surface area contributed by atoms with Crippen molar-refractivity contribution in [3.8, 4) is 0 Å². The minimum atomic E-state index is -4.39. The van der Waals surface area contributed by atoms with E-state index in [1.54, 1.807) is 29.3 Å². The lowest BCUT2D eigenvalue weighted by molar-refractivity contribution is -0.137. The summed E-state index contributed by atoms with van der Waals surface area (Å²) in [6, 6.07) is 4.58. The van der Waals surface area contributed by atoms with Crippen molar-refractivity contribution in [1.29, 1.82) is 0 Å². The minimum absolute atomic E-state index is 0.156. The Bertz CT molecular complexity index is 966. The molecule has 0 saturated carbocycles. The molecule has 3 aromatic rings. The van der Waals surface area contributed by atoms with Gasteiger partial charge in [0.05, 0.1) is 34.7 Å². The Morgan fingerprint density at radius 1 is 1.25 bits per heavy atom. The molecule has 0 saturated heterocycles. The Balaban J connectivity index is 1.68. The predicted molar refractivity (Wildman–Crippen MR) is 101 cm³/mol. The number of hydrogen-bond acceptors (Lipinski definition) is 3. The van der Waals surface area contributed by atoms with Gasteiger partial charge >= 0.3 is 6.18 Å². The molecule has 2 aromatic heterocycles. The fraction of sp³-hybridized carbons (Fsp3) is 0.278. The molecule has 0 fully saturated rings. The maximum atomic E-state index is 12.8. The van der Waals surface area contributed by atoms with E-state index < -0.39 is 17.8 Å². The topological polar surface area (TPSA) is 64.7 Å². The van der Waals surface area contributed by atoms with Gasteiger partial charge in [-0.2, -0.15) is 23.4 Å². The fourth-order valence-electron chi connectivity index (χ4n) is 2.75. The van der Waals surface area contributed by atoms with Crippen LogP contribution in [0.5, 0.6) is 0 Å². The standard InChI is InChI=1S/C18H17BrF3N5O/c1-2-16(27-10-14(19)7-24-27)17(28)25-15-8-23-26(11-15)9-12-4-3-5-13(6-12)18(20,21)22/h3-8,10-11,16H,2,9H2,1H3,(H,25,28). The Labute approximate surface area is 167 Å². The van der Waals surface area contributed by atoms with Gasteiger partial charge in [-0.05, 0) is 40.0 Å². The van der Waals surface area contributed by atoms with E-state index >= 15 is 0 Å². The Hall–Kier alpha value is -2.62. The number of rotatable bonds is 6. The molecule has 0 spiro atoms. The van der Waals surface area contributed by atoms with Crippen LogP contribution in [-0.2, 0) is 17.5 Å². The molecule has 28 heavy (non-hydrogen) atoms. The fourth-order valence-corrected chi connectivity index (χ4v) is 3.05. The van der Waals surface area contributed by atoms with Crippen molar-refractivity contribution in [1.82, 2.24) is 19.6 Å². The molecule has 148 valence electrons. The van der Waals surface area contributed by atoms with Crippen molar-refractivity contribution in [2.24, 2.45) is 0 Å². The van der Waals surface area contributed by atoms with Gasteiger partial charge in [-0.15, -0.1) is 0 Å². The number of carbonyl (C=O) groups is 1. The number of anilines is 1. The van der Waals surface area contributed by atoms with E-state index in [-0.39, 0.29) is 12.5 Å².